The fourth-order valence-corrected chi connectivity index (χ4v) is 3.97. The van der Waals surface area contributed by atoms with E-state index in [-0.39, 0.29) is 24.4 Å². The van der Waals surface area contributed by atoms with Crippen molar-refractivity contribution in [2.24, 2.45) is 0 Å². The summed E-state index contributed by atoms with van der Waals surface area (Å²) in [5.41, 5.74) is 1.72. The summed E-state index contributed by atoms with van der Waals surface area (Å²) in [7, 11) is 1.67. The lowest BCUT2D eigenvalue weighted by Gasteiger charge is -2.48. The molecule has 7 nitrogen and oxygen atoms in total. The van der Waals surface area contributed by atoms with Gasteiger partial charge in [-0.2, -0.15) is 0 Å². The summed E-state index contributed by atoms with van der Waals surface area (Å²) >= 11 is 0. The largest absolute Gasteiger partial charge is 0.332 e. The number of nitrogens with zero attached hydrogens (tertiary/aromatic N) is 3. The number of rotatable bonds is 3. The van der Waals surface area contributed by atoms with Crippen molar-refractivity contribution in [2.75, 3.05) is 32.0 Å². The predicted octanol–water partition coefficient (Wildman–Crippen LogP) is 1.81. The van der Waals surface area contributed by atoms with Gasteiger partial charge in [0.2, 0.25) is 11.8 Å². The predicted molar refractivity (Wildman–Crippen MR) is 109 cm³/mol. The van der Waals surface area contributed by atoms with E-state index >= 15 is 0 Å². The Labute approximate surface area is 169 Å². The van der Waals surface area contributed by atoms with E-state index in [1.54, 1.807) is 16.8 Å². The van der Waals surface area contributed by atoms with Gasteiger partial charge in [0.1, 0.15) is 12.1 Å². The number of piperazine rings is 2. The molecular formula is C22H24N4O3. The number of urea groups is 1. The van der Waals surface area contributed by atoms with E-state index in [0.29, 0.717) is 25.2 Å². The summed E-state index contributed by atoms with van der Waals surface area (Å²) < 4.78 is 0. The minimum Gasteiger partial charge on any atom is -0.332 e. The lowest BCUT2D eigenvalue weighted by atomic mass is 9.97. The van der Waals surface area contributed by atoms with Gasteiger partial charge in [-0.25, -0.2) is 4.79 Å². The molecular weight excluding hydrogens is 368 g/mol. The van der Waals surface area contributed by atoms with Gasteiger partial charge in [0.15, 0.2) is 0 Å². The van der Waals surface area contributed by atoms with Crippen LogP contribution < -0.4 is 5.32 Å². The van der Waals surface area contributed by atoms with Crippen LogP contribution in [0, 0.1) is 0 Å². The molecule has 0 saturated carbocycles. The van der Waals surface area contributed by atoms with Crippen LogP contribution in [0.5, 0.6) is 0 Å². The van der Waals surface area contributed by atoms with Crippen molar-refractivity contribution >= 4 is 23.5 Å². The van der Waals surface area contributed by atoms with Gasteiger partial charge in [-0.3, -0.25) is 9.59 Å². The highest BCUT2D eigenvalue weighted by Crippen LogP contribution is 2.24. The van der Waals surface area contributed by atoms with Crippen molar-refractivity contribution in [1.29, 1.82) is 0 Å². The van der Waals surface area contributed by atoms with E-state index in [0.717, 1.165) is 5.56 Å². The lowest BCUT2D eigenvalue weighted by Crippen LogP contribution is -2.70. The third kappa shape index (κ3) is 3.81. The van der Waals surface area contributed by atoms with Crippen molar-refractivity contribution in [3.8, 4) is 0 Å². The summed E-state index contributed by atoms with van der Waals surface area (Å²) in [4.78, 5) is 43.5. The van der Waals surface area contributed by atoms with Gasteiger partial charge in [-0.1, -0.05) is 48.5 Å². The number of nitrogens with one attached hydrogen (secondary N) is 1. The quantitative estimate of drug-likeness (QED) is 0.866. The van der Waals surface area contributed by atoms with E-state index in [1.165, 1.54) is 4.90 Å². The zero-order valence-corrected chi connectivity index (χ0v) is 16.3. The van der Waals surface area contributed by atoms with Crippen molar-refractivity contribution in [2.45, 2.75) is 18.5 Å². The van der Waals surface area contributed by atoms with Crippen LogP contribution in [0.2, 0.25) is 0 Å². The third-order valence-corrected chi connectivity index (χ3v) is 5.63. The summed E-state index contributed by atoms with van der Waals surface area (Å²) in [5, 5.41) is 2.84. The first-order valence-electron chi connectivity index (χ1n) is 9.76. The zero-order valence-electron chi connectivity index (χ0n) is 16.3. The molecule has 0 spiro atoms. The third-order valence-electron chi connectivity index (χ3n) is 5.63. The molecule has 0 aromatic heterocycles. The second-order valence-corrected chi connectivity index (χ2v) is 7.44. The maximum Gasteiger partial charge on any atom is 0.321 e. The Morgan fingerprint density at radius 3 is 2.31 bits per heavy atom. The van der Waals surface area contributed by atoms with E-state index in [1.807, 2.05) is 60.7 Å². The highest BCUT2D eigenvalue weighted by atomic mass is 16.2. The Morgan fingerprint density at radius 1 is 0.966 bits per heavy atom. The molecule has 29 heavy (non-hydrogen) atoms. The van der Waals surface area contributed by atoms with Gasteiger partial charge < -0.3 is 20.0 Å². The highest BCUT2D eigenvalue weighted by Gasteiger charge is 2.47. The molecule has 4 rings (SSSR count). The summed E-state index contributed by atoms with van der Waals surface area (Å²) in [5.74, 6) is -0.174. The highest BCUT2D eigenvalue weighted by molar-refractivity contribution is 5.98. The molecule has 2 saturated heterocycles. The number of para-hydroxylation sites is 1. The van der Waals surface area contributed by atoms with Crippen molar-refractivity contribution in [3.63, 3.8) is 0 Å². The minimum absolute atomic E-state index is 0.0518. The number of hydrogen-bond donors (Lipinski definition) is 1. The topological polar surface area (TPSA) is 73.0 Å². The molecule has 0 bridgehead atoms. The van der Waals surface area contributed by atoms with Crippen molar-refractivity contribution < 1.29 is 14.4 Å². The molecule has 1 N–H and O–H groups in total. The standard InChI is InChI=1S/C22H24N4O3/c1-24-18(14-16-8-4-2-5-9-16)21(28)26-13-12-25(15-19(26)20(24)27)22(29)23-17-10-6-3-7-11-17/h2-11,18-19H,12-15H2,1H3,(H,23,29)/t18-,19+/m0/s1. The van der Waals surface area contributed by atoms with Crippen molar-refractivity contribution in [1.82, 2.24) is 14.7 Å². The van der Waals surface area contributed by atoms with Crippen LogP contribution in [0.4, 0.5) is 10.5 Å². The number of hydrogen-bond acceptors (Lipinski definition) is 3. The van der Waals surface area contributed by atoms with Crippen LogP contribution in [0.1, 0.15) is 5.56 Å². The molecule has 4 amide bonds. The number of anilines is 1. The van der Waals surface area contributed by atoms with Gasteiger partial charge in [0.05, 0.1) is 6.54 Å². The average molecular weight is 392 g/mol. The Kier molecular flexibility index (Phi) is 5.20. The number of likely N-dealkylation sites (N-methyl/N-ethyl adjacent to an activating group) is 1. The van der Waals surface area contributed by atoms with Crippen LogP contribution >= 0.6 is 0 Å². The molecule has 0 aliphatic carbocycles. The van der Waals surface area contributed by atoms with Gasteiger partial charge in [-0.15, -0.1) is 0 Å². The fraction of sp³-hybridized carbons (Fsp3) is 0.318. The second kappa shape index (κ2) is 7.95. The number of benzene rings is 2. The molecule has 2 aromatic carbocycles. The average Bonchev–Trinajstić information content (AvgIpc) is 2.76. The number of carbonyl (C=O) groups is 3. The Bertz CT molecular complexity index is 903. The molecule has 7 heteroatoms. The van der Waals surface area contributed by atoms with E-state index < -0.39 is 12.1 Å². The van der Waals surface area contributed by atoms with Gasteiger partial charge in [-0.05, 0) is 17.7 Å². The van der Waals surface area contributed by atoms with Crippen LogP contribution in [-0.2, 0) is 16.0 Å². The summed E-state index contributed by atoms with van der Waals surface area (Å²) in [6.45, 7) is 0.957. The zero-order chi connectivity index (χ0) is 20.4. The van der Waals surface area contributed by atoms with Gasteiger partial charge >= 0.3 is 6.03 Å². The smallest absolute Gasteiger partial charge is 0.321 e. The summed E-state index contributed by atoms with van der Waals surface area (Å²) in [6, 6.07) is 17.5. The SMILES string of the molecule is CN1C(=O)[C@H]2CN(C(=O)Nc3ccccc3)CCN2C(=O)[C@@H]1Cc1ccccc1. The minimum atomic E-state index is -0.630. The Balaban J connectivity index is 1.45. The van der Waals surface area contributed by atoms with Crippen LogP contribution in [-0.4, -0.2) is 71.3 Å². The summed E-state index contributed by atoms with van der Waals surface area (Å²) in [6.07, 6.45) is 0.489. The van der Waals surface area contributed by atoms with E-state index in [9.17, 15) is 14.4 Å². The van der Waals surface area contributed by atoms with Crippen molar-refractivity contribution in [3.05, 3.63) is 66.2 Å². The van der Waals surface area contributed by atoms with E-state index in [4.69, 9.17) is 0 Å². The first-order valence-corrected chi connectivity index (χ1v) is 9.76. The normalized spacial score (nSPS) is 21.8. The van der Waals surface area contributed by atoms with Crippen LogP contribution in [0.15, 0.2) is 60.7 Å². The van der Waals surface area contributed by atoms with Gasteiger partial charge in [0, 0.05) is 32.2 Å². The lowest BCUT2D eigenvalue weighted by molar-refractivity contribution is -0.162. The van der Waals surface area contributed by atoms with Crippen LogP contribution in [0.3, 0.4) is 0 Å². The first-order chi connectivity index (χ1) is 14.0. The maximum atomic E-state index is 13.1. The number of amides is 4. The van der Waals surface area contributed by atoms with Gasteiger partial charge in [0.25, 0.3) is 0 Å². The number of carbonyl (C=O) groups excluding carboxylic acids is 3. The molecule has 0 radical (unpaired) electrons. The molecule has 2 heterocycles. The molecule has 2 aromatic rings. The molecule has 2 atom stereocenters. The Hall–Kier alpha value is -3.35. The van der Waals surface area contributed by atoms with E-state index in [2.05, 4.69) is 5.32 Å². The maximum absolute atomic E-state index is 13.1. The number of fused-ring (bicyclic) bond motifs is 1. The molecule has 2 aliphatic rings. The van der Waals surface area contributed by atoms with Crippen LogP contribution in [0.25, 0.3) is 0 Å². The molecule has 2 aliphatic heterocycles. The molecule has 0 unspecified atom stereocenters. The Morgan fingerprint density at radius 2 is 1.62 bits per heavy atom. The molecule has 2 fully saturated rings. The first kappa shape index (κ1) is 19.0. The fourth-order valence-electron chi connectivity index (χ4n) is 3.97. The monoisotopic (exact) mass is 392 g/mol. The second-order valence-electron chi connectivity index (χ2n) is 7.44. The molecule has 150 valence electrons.